The predicted molar refractivity (Wildman–Crippen MR) is 75.1 cm³/mol. The molecular formula is C16H26O. The summed E-state index contributed by atoms with van der Waals surface area (Å²) in [6.07, 6.45) is 0. The lowest BCUT2D eigenvalue weighted by Crippen LogP contribution is -2.18. The van der Waals surface area contributed by atoms with E-state index >= 15 is 0 Å². The molecule has 0 aromatic heterocycles. The predicted octanol–water partition coefficient (Wildman–Crippen LogP) is 4.60. The van der Waals surface area contributed by atoms with Crippen molar-refractivity contribution in [3.05, 3.63) is 28.8 Å². The number of methoxy groups -OCH3 is 1. The van der Waals surface area contributed by atoms with Gasteiger partial charge in [0.25, 0.3) is 0 Å². The van der Waals surface area contributed by atoms with Crippen LogP contribution >= 0.6 is 0 Å². The molecule has 0 radical (unpaired) electrons. The molecule has 0 saturated heterocycles. The van der Waals surface area contributed by atoms with Crippen LogP contribution in [0.25, 0.3) is 0 Å². The van der Waals surface area contributed by atoms with Gasteiger partial charge in [0.1, 0.15) is 5.75 Å². The molecular weight excluding hydrogens is 208 g/mol. The first-order valence-corrected chi connectivity index (χ1v) is 5.52. The lowest BCUT2D eigenvalue weighted by molar-refractivity contribution is 0.393. The summed E-state index contributed by atoms with van der Waals surface area (Å²) in [6, 6.07) is 3.11. The summed E-state index contributed by atoms with van der Waals surface area (Å²) in [5, 5.41) is 0. The highest BCUT2D eigenvalue weighted by Gasteiger charge is 2.24. The molecule has 17 heavy (non-hydrogen) atoms. The minimum absolute atomic E-state index is 0.0265. The first-order chi connectivity index (χ1) is 11.3. The van der Waals surface area contributed by atoms with Gasteiger partial charge >= 0.3 is 0 Å². The van der Waals surface area contributed by atoms with E-state index in [1.165, 1.54) is 13.2 Å². The standard InChI is InChI=1S/C16H26O/c1-11-9-12(15(2,3)4)10-13(14(11)17-8)16(5,6)7/h9-10H,1-8H3/i5D3,6D3,7D3. The lowest BCUT2D eigenvalue weighted by atomic mass is 9.79. The van der Waals surface area contributed by atoms with E-state index in [-0.39, 0.29) is 11.3 Å². The van der Waals surface area contributed by atoms with E-state index in [0.717, 1.165) is 0 Å². The maximum atomic E-state index is 7.91. The van der Waals surface area contributed by atoms with E-state index < -0.39 is 31.4 Å². The van der Waals surface area contributed by atoms with Gasteiger partial charge in [0.05, 0.1) is 7.11 Å². The van der Waals surface area contributed by atoms with Crippen molar-refractivity contribution in [3.63, 3.8) is 0 Å². The van der Waals surface area contributed by atoms with E-state index in [9.17, 15) is 0 Å². The molecule has 0 N–H and O–H groups in total. The highest BCUT2D eigenvalue weighted by Crippen LogP contribution is 2.37. The Hall–Kier alpha value is -0.980. The zero-order chi connectivity index (χ0) is 20.9. The molecule has 0 atom stereocenters. The van der Waals surface area contributed by atoms with Crippen molar-refractivity contribution >= 4 is 0 Å². The van der Waals surface area contributed by atoms with Crippen molar-refractivity contribution in [1.29, 1.82) is 0 Å². The van der Waals surface area contributed by atoms with Crippen LogP contribution in [0.1, 0.15) is 70.4 Å². The molecule has 0 spiro atoms. The first kappa shape index (κ1) is 5.77. The third-order valence-electron chi connectivity index (χ3n) is 2.75. The molecule has 1 nitrogen and oxygen atoms in total. The fourth-order valence-corrected chi connectivity index (χ4v) is 1.76. The van der Waals surface area contributed by atoms with Gasteiger partial charge in [0, 0.05) is 17.9 Å². The van der Waals surface area contributed by atoms with Crippen LogP contribution in [-0.4, -0.2) is 7.11 Å². The third kappa shape index (κ3) is 3.02. The van der Waals surface area contributed by atoms with Crippen molar-refractivity contribution in [2.24, 2.45) is 0 Å². The van der Waals surface area contributed by atoms with Crippen LogP contribution in [0.5, 0.6) is 5.75 Å². The van der Waals surface area contributed by atoms with Crippen molar-refractivity contribution < 1.29 is 17.1 Å². The topological polar surface area (TPSA) is 9.23 Å². The van der Waals surface area contributed by atoms with E-state index in [0.29, 0.717) is 11.1 Å². The number of rotatable bonds is 1. The van der Waals surface area contributed by atoms with Crippen LogP contribution in [0.4, 0.5) is 0 Å². The molecule has 0 unspecified atom stereocenters. The molecule has 96 valence electrons. The van der Waals surface area contributed by atoms with Crippen LogP contribution < -0.4 is 4.74 Å². The van der Waals surface area contributed by atoms with Gasteiger partial charge in [-0.25, -0.2) is 0 Å². The zero-order valence-electron chi connectivity index (χ0n) is 20.1. The van der Waals surface area contributed by atoms with Crippen molar-refractivity contribution in [2.75, 3.05) is 7.11 Å². The quantitative estimate of drug-likeness (QED) is 0.700. The fourth-order valence-electron chi connectivity index (χ4n) is 1.76. The average Bonchev–Trinajstić information content (AvgIpc) is 2.32. The Balaban J connectivity index is 4.22. The second-order valence-electron chi connectivity index (χ2n) is 5.37. The number of benzene rings is 1. The highest BCUT2D eigenvalue weighted by atomic mass is 16.5. The Labute approximate surface area is 119 Å². The molecule has 0 aliphatic rings. The van der Waals surface area contributed by atoms with Gasteiger partial charge in [-0.3, -0.25) is 0 Å². The molecule has 1 heteroatoms. The highest BCUT2D eigenvalue weighted by molar-refractivity contribution is 5.48. The van der Waals surface area contributed by atoms with Gasteiger partial charge < -0.3 is 4.74 Å². The van der Waals surface area contributed by atoms with Gasteiger partial charge in [0.15, 0.2) is 0 Å². The molecule has 0 amide bonds. The summed E-state index contributed by atoms with van der Waals surface area (Å²) in [5.74, 6) is -0.0265. The molecule has 0 heterocycles. The number of hydrogen-bond donors (Lipinski definition) is 0. The van der Waals surface area contributed by atoms with Gasteiger partial charge in [-0.1, -0.05) is 53.5 Å². The monoisotopic (exact) mass is 243 g/mol. The third-order valence-corrected chi connectivity index (χ3v) is 2.75. The van der Waals surface area contributed by atoms with Crippen LogP contribution in [0.2, 0.25) is 0 Å². The smallest absolute Gasteiger partial charge is 0.125 e. The molecule has 0 bridgehead atoms. The summed E-state index contributed by atoms with van der Waals surface area (Å²) in [6.45, 7) is -2.70. The average molecular weight is 243 g/mol. The Morgan fingerprint density at radius 2 is 1.65 bits per heavy atom. The number of aryl methyl sites for hydroxylation is 1. The summed E-state index contributed by atoms with van der Waals surface area (Å²) in [5.41, 5.74) is -2.74. The number of hydrogen-bond acceptors (Lipinski definition) is 1. The van der Waals surface area contributed by atoms with Crippen LogP contribution in [0.3, 0.4) is 0 Å². The van der Waals surface area contributed by atoms with Gasteiger partial charge in [0.2, 0.25) is 0 Å². The van der Waals surface area contributed by atoms with Gasteiger partial charge in [-0.05, 0) is 28.9 Å². The molecule has 1 aromatic rings. The zero-order valence-corrected chi connectivity index (χ0v) is 11.1. The SMILES string of the molecule is [2H]C([2H])([2H])C(c1cc(C(C)(C)C)cc(C)c1OC)(C([2H])([2H])[2H])C([2H])([2H])[2H]. The molecule has 1 aromatic carbocycles. The second kappa shape index (κ2) is 4.36. The van der Waals surface area contributed by atoms with Gasteiger partial charge in [-0.2, -0.15) is 0 Å². The Bertz CT molecular complexity index is 624. The lowest BCUT2D eigenvalue weighted by Gasteiger charge is -2.28. The molecule has 0 aliphatic heterocycles. The molecule has 0 fully saturated rings. The Morgan fingerprint density at radius 3 is 2.06 bits per heavy atom. The normalized spacial score (nSPS) is 22.8. The summed E-state index contributed by atoms with van der Waals surface area (Å²) in [7, 11) is 1.27. The summed E-state index contributed by atoms with van der Waals surface area (Å²) in [4.78, 5) is 0. The van der Waals surface area contributed by atoms with Crippen LogP contribution in [0, 0.1) is 6.92 Å². The minimum Gasteiger partial charge on any atom is -0.496 e. The number of ether oxygens (including phenoxy) is 1. The van der Waals surface area contributed by atoms with Crippen LogP contribution in [0.15, 0.2) is 12.1 Å². The van der Waals surface area contributed by atoms with Crippen molar-refractivity contribution in [3.8, 4) is 5.75 Å². The van der Waals surface area contributed by atoms with Gasteiger partial charge in [-0.15, -0.1) is 0 Å². The minimum atomic E-state index is -3.32. The molecule has 1 rings (SSSR count). The fraction of sp³-hybridized carbons (Fsp3) is 0.625. The van der Waals surface area contributed by atoms with E-state index in [1.807, 2.05) is 20.8 Å². The van der Waals surface area contributed by atoms with Crippen LogP contribution in [-0.2, 0) is 10.8 Å². The molecule has 0 aliphatic carbocycles. The largest absolute Gasteiger partial charge is 0.496 e. The maximum absolute atomic E-state index is 7.91. The summed E-state index contributed by atoms with van der Waals surface area (Å²) < 4.78 is 76.5. The molecule has 0 saturated carbocycles. The van der Waals surface area contributed by atoms with Crippen molar-refractivity contribution in [2.45, 2.75) is 59.1 Å². The Morgan fingerprint density at radius 1 is 1.06 bits per heavy atom. The maximum Gasteiger partial charge on any atom is 0.125 e. The second-order valence-corrected chi connectivity index (χ2v) is 5.37. The first-order valence-electron chi connectivity index (χ1n) is 10.0. The van der Waals surface area contributed by atoms with Crippen molar-refractivity contribution in [1.82, 2.24) is 0 Å². The summed E-state index contributed by atoms with van der Waals surface area (Å²) >= 11 is 0. The van der Waals surface area contributed by atoms with E-state index in [1.54, 1.807) is 13.0 Å². The Kier molecular flexibility index (Phi) is 1.48. The van der Waals surface area contributed by atoms with E-state index in [2.05, 4.69) is 0 Å². The van der Waals surface area contributed by atoms with E-state index in [4.69, 9.17) is 17.1 Å².